The number of rotatable bonds is 4. The Labute approximate surface area is 88.6 Å². The van der Waals surface area contributed by atoms with E-state index in [9.17, 15) is 9.59 Å². The van der Waals surface area contributed by atoms with Gasteiger partial charge < -0.3 is 9.47 Å². The highest BCUT2D eigenvalue weighted by atomic mass is 16.2. The second-order valence-electron chi connectivity index (χ2n) is 3.85. The molecule has 0 aromatic carbocycles. The van der Waals surface area contributed by atoms with Crippen molar-refractivity contribution in [1.29, 1.82) is 0 Å². The van der Waals surface area contributed by atoms with E-state index in [0.717, 1.165) is 17.5 Å². The fraction of sp³-hybridized carbons (Fsp3) is 0.600. The molecule has 0 N–H and O–H groups in total. The van der Waals surface area contributed by atoms with E-state index in [2.05, 4.69) is 4.90 Å². The van der Waals surface area contributed by atoms with E-state index in [4.69, 9.17) is 0 Å². The van der Waals surface area contributed by atoms with Gasteiger partial charge in [-0.05, 0) is 27.1 Å². The van der Waals surface area contributed by atoms with Crippen molar-refractivity contribution < 1.29 is 0 Å². The molecule has 0 aliphatic carbocycles. The molecule has 0 radical (unpaired) electrons. The Balaban J connectivity index is 2.75. The second-order valence-corrected chi connectivity index (χ2v) is 3.85. The number of hydrogen-bond donors (Lipinski definition) is 0. The normalized spacial score (nSPS) is 10.9. The van der Waals surface area contributed by atoms with Crippen LogP contribution in [0.15, 0.2) is 21.9 Å². The zero-order chi connectivity index (χ0) is 11.4. The predicted octanol–water partition coefficient (Wildman–Crippen LogP) is -0.501. The van der Waals surface area contributed by atoms with Crippen molar-refractivity contribution in [2.24, 2.45) is 7.05 Å². The van der Waals surface area contributed by atoms with Crippen molar-refractivity contribution in [2.45, 2.75) is 13.0 Å². The minimum atomic E-state index is -0.260. The van der Waals surface area contributed by atoms with E-state index in [1.165, 1.54) is 13.1 Å². The van der Waals surface area contributed by atoms with E-state index in [1.807, 2.05) is 14.1 Å². The predicted molar refractivity (Wildman–Crippen MR) is 59.1 cm³/mol. The molecule has 0 saturated carbocycles. The zero-order valence-corrected chi connectivity index (χ0v) is 9.43. The highest BCUT2D eigenvalue weighted by Crippen LogP contribution is 1.87. The third kappa shape index (κ3) is 3.06. The Hall–Kier alpha value is -1.36. The van der Waals surface area contributed by atoms with Gasteiger partial charge in [-0.25, -0.2) is 4.79 Å². The molecule has 0 atom stereocenters. The Morgan fingerprint density at radius 2 is 2.00 bits per heavy atom. The standard InChI is InChI=1S/C10H17N3O2/c1-11(2)6-4-7-13-8-5-9(14)12(3)10(13)15/h5,8H,4,6-7H2,1-3H3. The highest BCUT2D eigenvalue weighted by molar-refractivity contribution is 4.85. The maximum atomic E-state index is 11.6. The molecule has 0 saturated heterocycles. The molecular weight excluding hydrogens is 194 g/mol. The van der Waals surface area contributed by atoms with Crippen LogP contribution in [-0.2, 0) is 13.6 Å². The van der Waals surface area contributed by atoms with E-state index >= 15 is 0 Å². The molecule has 0 bridgehead atoms. The average Bonchev–Trinajstić information content (AvgIpc) is 2.18. The molecule has 0 aliphatic rings. The summed E-state index contributed by atoms with van der Waals surface area (Å²) in [7, 11) is 5.47. The van der Waals surface area contributed by atoms with Gasteiger partial charge in [0, 0.05) is 25.9 Å². The first-order valence-corrected chi connectivity index (χ1v) is 4.93. The number of aromatic nitrogens is 2. The van der Waals surface area contributed by atoms with Gasteiger partial charge in [-0.2, -0.15) is 0 Å². The van der Waals surface area contributed by atoms with Crippen molar-refractivity contribution in [3.05, 3.63) is 33.1 Å². The third-order valence-electron chi connectivity index (χ3n) is 2.26. The van der Waals surface area contributed by atoms with Crippen LogP contribution < -0.4 is 11.2 Å². The average molecular weight is 211 g/mol. The summed E-state index contributed by atoms with van der Waals surface area (Å²) in [6, 6.07) is 1.41. The van der Waals surface area contributed by atoms with Gasteiger partial charge in [0.2, 0.25) is 0 Å². The van der Waals surface area contributed by atoms with Crippen molar-refractivity contribution in [2.75, 3.05) is 20.6 Å². The lowest BCUT2D eigenvalue weighted by Gasteiger charge is -2.10. The molecule has 0 amide bonds. The van der Waals surface area contributed by atoms with E-state index in [1.54, 1.807) is 10.8 Å². The summed E-state index contributed by atoms with van der Waals surface area (Å²) >= 11 is 0. The van der Waals surface area contributed by atoms with Crippen LogP contribution in [-0.4, -0.2) is 34.7 Å². The number of hydrogen-bond acceptors (Lipinski definition) is 3. The fourth-order valence-electron chi connectivity index (χ4n) is 1.34. The first-order valence-electron chi connectivity index (χ1n) is 4.93. The van der Waals surface area contributed by atoms with Crippen molar-refractivity contribution in [1.82, 2.24) is 14.0 Å². The maximum Gasteiger partial charge on any atom is 0.330 e. The van der Waals surface area contributed by atoms with Gasteiger partial charge in [-0.15, -0.1) is 0 Å². The molecule has 0 aliphatic heterocycles. The Bertz CT molecular complexity index is 431. The van der Waals surface area contributed by atoms with Crippen LogP contribution in [0.5, 0.6) is 0 Å². The summed E-state index contributed by atoms with van der Waals surface area (Å²) in [6.45, 7) is 1.57. The van der Waals surface area contributed by atoms with E-state index in [-0.39, 0.29) is 11.2 Å². The maximum absolute atomic E-state index is 11.6. The summed E-state index contributed by atoms with van der Waals surface area (Å²) < 4.78 is 2.68. The molecule has 1 aromatic rings. The Morgan fingerprint density at radius 3 is 2.60 bits per heavy atom. The first kappa shape index (κ1) is 11.7. The topological polar surface area (TPSA) is 47.2 Å². The summed E-state index contributed by atoms with van der Waals surface area (Å²) in [5.74, 6) is 0. The minimum absolute atomic E-state index is 0.249. The van der Waals surface area contributed by atoms with Crippen LogP contribution in [0, 0.1) is 0 Å². The lowest BCUT2D eigenvalue weighted by Crippen LogP contribution is -2.37. The summed E-state index contributed by atoms with van der Waals surface area (Å²) in [6.07, 6.45) is 2.45. The molecule has 0 unspecified atom stereocenters. The largest absolute Gasteiger partial charge is 0.330 e. The fourth-order valence-corrected chi connectivity index (χ4v) is 1.34. The lowest BCUT2D eigenvalue weighted by atomic mass is 10.4. The van der Waals surface area contributed by atoms with Gasteiger partial charge in [0.25, 0.3) is 5.56 Å². The monoisotopic (exact) mass is 211 g/mol. The van der Waals surface area contributed by atoms with Gasteiger partial charge in [0.05, 0.1) is 0 Å². The quantitative estimate of drug-likeness (QED) is 0.674. The highest BCUT2D eigenvalue weighted by Gasteiger charge is 2.00. The smallest absolute Gasteiger partial charge is 0.309 e. The first-order chi connectivity index (χ1) is 7.02. The molecule has 1 heterocycles. The van der Waals surface area contributed by atoms with Gasteiger partial charge in [0.1, 0.15) is 0 Å². The molecule has 0 fully saturated rings. The van der Waals surface area contributed by atoms with E-state index < -0.39 is 0 Å². The third-order valence-corrected chi connectivity index (χ3v) is 2.26. The van der Waals surface area contributed by atoms with Crippen LogP contribution in [0.4, 0.5) is 0 Å². The Morgan fingerprint density at radius 1 is 1.33 bits per heavy atom. The molecule has 1 rings (SSSR count). The van der Waals surface area contributed by atoms with Crippen molar-refractivity contribution in [3.8, 4) is 0 Å². The molecule has 0 spiro atoms. The Kier molecular flexibility index (Phi) is 3.85. The van der Waals surface area contributed by atoms with Crippen molar-refractivity contribution in [3.63, 3.8) is 0 Å². The van der Waals surface area contributed by atoms with Gasteiger partial charge in [-0.1, -0.05) is 0 Å². The zero-order valence-electron chi connectivity index (χ0n) is 9.43. The molecular formula is C10H17N3O2. The number of nitrogens with zero attached hydrogens (tertiary/aromatic N) is 3. The minimum Gasteiger partial charge on any atom is -0.309 e. The molecule has 5 heteroatoms. The van der Waals surface area contributed by atoms with Crippen LogP contribution in [0.1, 0.15) is 6.42 Å². The lowest BCUT2D eigenvalue weighted by molar-refractivity contribution is 0.382. The van der Waals surface area contributed by atoms with Gasteiger partial charge in [-0.3, -0.25) is 9.36 Å². The van der Waals surface area contributed by atoms with Gasteiger partial charge in [0.15, 0.2) is 0 Å². The molecule has 84 valence electrons. The number of aryl methyl sites for hydroxylation is 1. The van der Waals surface area contributed by atoms with Gasteiger partial charge >= 0.3 is 5.69 Å². The summed E-state index contributed by atoms with van der Waals surface area (Å²) in [5, 5.41) is 0. The molecule has 15 heavy (non-hydrogen) atoms. The molecule has 1 aromatic heterocycles. The molecule has 5 nitrogen and oxygen atoms in total. The SMILES string of the molecule is CN(C)CCCn1ccc(=O)n(C)c1=O. The summed E-state index contributed by atoms with van der Waals surface area (Å²) in [4.78, 5) is 24.8. The second kappa shape index (κ2) is 4.93. The van der Waals surface area contributed by atoms with Crippen LogP contribution in [0.25, 0.3) is 0 Å². The van der Waals surface area contributed by atoms with Crippen LogP contribution in [0.3, 0.4) is 0 Å². The van der Waals surface area contributed by atoms with Crippen molar-refractivity contribution >= 4 is 0 Å². The van der Waals surface area contributed by atoms with E-state index in [0.29, 0.717) is 6.54 Å². The van der Waals surface area contributed by atoms with Crippen LogP contribution in [0.2, 0.25) is 0 Å². The summed E-state index contributed by atoms with van der Waals surface area (Å²) in [5.41, 5.74) is -0.509. The van der Waals surface area contributed by atoms with Crippen LogP contribution >= 0.6 is 0 Å².